The molecule has 0 aliphatic carbocycles. The lowest BCUT2D eigenvalue weighted by Crippen LogP contribution is -2.12. The second-order valence-electron chi connectivity index (χ2n) is 5.88. The van der Waals surface area contributed by atoms with E-state index in [1.165, 1.54) is 0 Å². The second-order valence-corrected chi connectivity index (χ2v) is 5.88. The van der Waals surface area contributed by atoms with Crippen molar-refractivity contribution in [2.75, 3.05) is 5.32 Å². The van der Waals surface area contributed by atoms with E-state index in [9.17, 15) is 4.79 Å². The average molecular weight is 332 g/mol. The van der Waals surface area contributed by atoms with Gasteiger partial charge < -0.3 is 5.32 Å². The number of benzene rings is 1. The molecule has 3 aromatic heterocycles. The van der Waals surface area contributed by atoms with E-state index in [1.54, 1.807) is 22.8 Å². The molecule has 7 heteroatoms. The molecule has 0 radical (unpaired) electrons. The van der Waals surface area contributed by atoms with Crippen LogP contribution in [0, 0.1) is 13.8 Å². The standard InChI is InChI=1S/C18H16N6O/c1-11-5-7-13(8-6-11)16(25)18-20-17(14-4-3-9-24(14)23-18)19-15-10-12(2)21-22-15/h3-10H,1-2H3,(H2,19,20,21,22,23). The summed E-state index contributed by atoms with van der Waals surface area (Å²) in [5.41, 5.74) is 3.34. The fraction of sp³-hybridized carbons (Fsp3) is 0.111. The Morgan fingerprint density at radius 1 is 1.16 bits per heavy atom. The lowest BCUT2D eigenvalue weighted by molar-refractivity contribution is 0.102. The summed E-state index contributed by atoms with van der Waals surface area (Å²) >= 11 is 0. The zero-order chi connectivity index (χ0) is 17.4. The van der Waals surface area contributed by atoms with Crippen molar-refractivity contribution in [3.63, 3.8) is 0 Å². The van der Waals surface area contributed by atoms with Crippen LogP contribution in [0.25, 0.3) is 5.52 Å². The molecule has 7 nitrogen and oxygen atoms in total. The monoisotopic (exact) mass is 332 g/mol. The first-order valence-electron chi connectivity index (χ1n) is 7.86. The molecule has 0 fully saturated rings. The van der Waals surface area contributed by atoms with Crippen molar-refractivity contribution in [1.29, 1.82) is 0 Å². The number of nitrogens with zero attached hydrogens (tertiary/aromatic N) is 4. The SMILES string of the molecule is Cc1ccc(C(=O)c2nc(Nc3cc(C)[nH]n3)c3cccn3n2)cc1. The van der Waals surface area contributed by atoms with Gasteiger partial charge in [0.05, 0.1) is 0 Å². The highest BCUT2D eigenvalue weighted by atomic mass is 16.1. The van der Waals surface area contributed by atoms with E-state index in [0.29, 0.717) is 17.2 Å². The quantitative estimate of drug-likeness (QED) is 0.561. The number of hydrogen-bond donors (Lipinski definition) is 2. The largest absolute Gasteiger partial charge is 0.322 e. The third-order valence-corrected chi connectivity index (χ3v) is 3.86. The van der Waals surface area contributed by atoms with Gasteiger partial charge in [0.25, 0.3) is 0 Å². The molecular weight excluding hydrogens is 316 g/mol. The Labute approximate surface area is 143 Å². The molecule has 0 saturated carbocycles. The van der Waals surface area contributed by atoms with Gasteiger partial charge in [0, 0.05) is 23.5 Å². The van der Waals surface area contributed by atoms with Gasteiger partial charge in [0.2, 0.25) is 11.6 Å². The second kappa shape index (κ2) is 5.86. The summed E-state index contributed by atoms with van der Waals surface area (Å²) in [5.74, 6) is 1.06. The van der Waals surface area contributed by atoms with Crippen molar-refractivity contribution in [2.24, 2.45) is 0 Å². The van der Waals surface area contributed by atoms with Crippen LogP contribution in [0.1, 0.15) is 27.4 Å². The first-order chi connectivity index (χ1) is 12.1. The van der Waals surface area contributed by atoms with Gasteiger partial charge in [0.15, 0.2) is 11.6 Å². The van der Waals surface area contributed by atoms with Crippen LogP contribution in [0.4, 0.5) is 11.6 Å². The van der Waals surface area contributed by atoms with Crippen molar-refractivity contribution in [2.45, 2.75) is 13.8 Å². The molecule has 1 aromatic carbocycles. The predicted molar refractivity (Wildman–Crippen MR) is 94.2 cm³/mol. The van der Waals surface area contributed by atoms with E-state index in [2.05, 4.69) is 25.6 Å². The zero-order valence-corrected chi connectivity index (χ0v) is 13.8. The minimum atomic E-state index is -0.225. The van der Waals surface area contributed by atoms with E-state index in [-0.39, 0.29) is 11.6 Å². The number of aryl methyl sites for hydroxylation is 2. The molecule has 3 heterocycles. The van der Waals surface area contributed by atoms with Gasteiger partial charge in [-0.15, -0.1) is 5.10 Å². The van der Waals surface area contributed by atoms with Crippen molar-refractivity contribution in [3.05, 3.63) is 71.3 Å². The van der Waals surface area contributed by atoms with Crippen LogP contribution in [0.15, 0.2) is 48.7 Å². The molecule has 0 bridgehead atoms. The lowest BCUT2D eigenvalue weighted by Gasteiger charge is -2.07. The number of aromatic amines is 1. The summed E-state index contributed by atoms with van der Waals surface area (Å²) in [4.78, 5) is 17.2. The summed E-state index contributed by atoms with van der Waals surface area (Å²) in [6, 6.07) is 13.0. The topological polar surface area (TPSA) is 88.0 Å². The van der Waals surface area contributed by atoms with E-state index in [1.807, 2.05) is 44.2 Å². The molecule has 0 atom stereocenters. The number of fused-ring (bicyclic) bond motifs is 1. The highest BCUT2D eigenvalue weighted by Crippen LogP contribution is 2.20. The number of rotatable bonds is 4. The van der Waals surface area contributed by atoms with E-state index >= 15 is 0 Å². The van der Waals surface area contributed by atoms with Crippen LogP contribution >= 0.6 is 0 Å². The van der Waals surface area contributed by atoms with Crippen molar-refractivity contribution in [1.82, 2.24) is 24.8 Å². The Balaban J connectivity index is 1.77. The Hall–Kier alpha value is -3.48. The molecule has 4 aromatic rings. The Bertz CT molecular complexity index is 1060. The normalized spacial score (nSPS) is 11.0. The Kier molecular flexibility index (Phi) is 3.53. The molecule has 4 rings (SSSR count). The minimum Gasteiger partial charge on any atom is -0.322 e. The smallest absolute Gasteiger partial charge is 0.232 e. The number of carbonyl (C=O) groups excluding carboxylic acids is 1. The third kappa shape index (κ3) is 2.87. The maximum atomic E-state index is 12.7. The number of hydrogen-bond acceptors (Lipinski definition) is 5. The van der Waals surface area contributed by atoms with Gasteiger partial charge >= 0.3 is 0 Å². The molecule has 25 heavy (non-hydrogen) atoms. The number of H-pyrrole nitrogens is 1. The fourth-order valence-corrected chi connectivity index (χ4v) is 2.56. The maximum absolute atomic E-state index is 12.7. The number of aromatic nitrogens is 5. The van der Waals surface area contributed by atoms with Gasteiger partial charge in [0.1, 0.15) is 5.52 Å². The van der Waals surface area contributed by atoms with Crippen LogP contribution in [0.5, 0.6) is 0 Å². The summed E-state index contributed by atoms with van der Waals surface area (Å²) in [5, 5.41) is 14.5. The van der Waals surface area contributed by atoms with Crippen LogP contribution in [-0.4, -0.2) is 30.6 Å². The Morgan fingerprint density at radius 2 is 1.96 bits per heavy atom. The zero-order valence-electron chi connectivity index (χ0n) is 13.8. The number of nitrogens with one attached hydrogen (secondary N) is 2. The summed E-state index contributed by atoms with van der Waals surface area (Å²) in [7, 11) is 0. The van der Waals surface area contributed by atoms with E-state index in [0.717, 1.165) is 16.8 Å². The number of ketones is 1. The van der Waals surface area contributed by atoms with Gasteiger partial charge in [-0.2, -0.15) is 5.10 Å². The van der Waals surface area contributed by atoms with Crippen LogP contribution in [0.3, 0.4) is 0 Å². The molecule has 0 unspecified atom stereocenters. The molecule has 0 aliphatic heterocycles. The van der Waals surface area contributed by atoms with E-state index < -0.39 is 0 Å². The van der Waals surface area contributed by atoms with Gasteiger partial charge in [-0.3, -0.25) is 9.89 Å². The summed E-state index contributed by atoms with van der Waals surface area (Å²) in [6.07, 6.45) is 1.78. The Morgan fingerprint density at radius 3 is 2.68 bits per heavy atom. The first-order valence-corrected chi connectivity index (χ1v) is 7.86. The van der Waals surface area contributed by atoms with Crippen molar-refractivity contribution >= 4 is 22.9 Å². The van der Waals surface area contributed by atoms with Crippen LogP contribution in [-0.2, 0) is 0 Å². The molecule has 0 aliphatic rings. The lowest BCUT2D eigenvalue weighted by atomic mass is 10.1. The maximum Gasteiger partial charge on any atom is 0.232 e. The molecule has 124 valence electrons. The average Bonchev–Trinajstić information content (AvgIpc) is 3.23. The minimum absolute atomic E-state index is 0.127. The molecule has 0 spiro atoms. The highest BCUT2D eigenvalue weighted by molar-refractivity contribution is 6.06. The number of anilines is 2. The number of carbonyl (C=O) groups is 1. The molecular formula is C18H16N6O. The first kappa shape index (κ1) is 15.1. The predicted octanol–water partition coefficient (Wildman–Crippen LogP) is 3.04. The van der Waals surface area contributed by atoms with Gasteiger partial charge in [-0.25, -0.2) is 9.50 Å². The van der Waals surface area contributed by atoms with Crippen molar-refractivity contribution in [3.8, 4) is 0 Å². The summed E-state index contributed by atoms with van der Waals surface area (Å²) < 4.78 is 1.64. The third-order valence-electron chi connectivity index (χ3n) is 3.86. The summed E-state index contributed by atoms with van der Waals surface area (Å²) in [6.45, 7) is 3.89. The molecule has 2 N–H and O–H groups in total. The van der Waals surface area contributed by atoms with Crippen molar-refractivity contribution < 1.29 is 4.79 Å². The van der Waals surface area contributed by atoms with Gasteiger partial charge in [-0.1, -0.05) is 29.8 Å². The highest BCUT2D eigenvalue weighted by Gasteiger charge is 2.16. The fourth-order valence-electron chi connectivity index (χ4n) is 2.56. The van der Waals surface area contributed by atoms with E-state index in [4.69, 9.17) is 0 Å². The van der Waals surface area contributed by atoms with Crippen LogP contribution < -0.4 is 5.32 Å². The molecule has 0 saturated heterocycles. The molecule has 0 amide bonds. The van der Waals surface area contributed by atoms with Crippen LogP contribution in [0.2, 0.25) is 0 Å². The van der Waals surface area contributed by atoms with Gasteiger partial charge in [-0.05, 0) is 26.0 Å².